The van der Waals surface area contributed by atoms with Gasteiger partial charge in [-0.2, -0.15) is 0 Å². The number of amides is 2. The number of ether oxygens (including phenoxy) is 3. The van der Waals surface area contributed by atoms with E-state index in [4.69, 9.17) is 19.9 Å². The van der Waals surface area contributed by atoms with Crippen LogP contribution in [0.5, 0.6) is 17.2 Å². The smallest absolute Gasteiger partial charge is 0.265 e. The van der Waals surface area contributed by atoms with Gasteiger partial charge < -0.3 is 25.3 Å². The predicted octanol–water partition coefficient (Wildman–Crippen LogP) is 3.63. The quantitative estimate of drug-likeness (QED) is 0.551. The van der Waals surface area contributed by atoms with E-state index in [-0.39, 0.29) is 12.5 Å². The molecule has 0 spiro atoms. The maximum absolute atomic E-state index is 12.6. The predicted molar refractivity (Wildman–Crippen MR) is 118 cm³/mol. The van der Waals surface area contributed by atoms with Gasteiger partial charge in [-0.25, -0.2) is 0 Å². The van der Waals surface area contributed by atoms with E-state index in [1.54, 1.807) is 25.1 Å². The van der Waals surface area contributed by atoms with E-state index in [2.05, 4.69) is 5.32 Å². The minimum absolute atomic E-state index is 0.296. The number of hydrogen-bond acceptors (Lipinski definition) is 5. The van der Waals surface area contributed by atoms with Gasteiger partial charge in [-0.15, -0.1) is 0 Å². The number of nitrogens with two attached hydrogens (primary N) is 1. The molecule has 7 nitrogen and oxygen atoms in total. The van der Waals surface area contributed by atoms with Crippen LogP contribution in [0.4, 0.5) is 5.69 Å². The van der Waals surface area contributed by atoms with Gasteiger partial charge in [0, 0.05) is 11.8 Å². The molecule has 0 aliphatic rings. The van der Waals surface area contributed by atoms with Crippen LogP contribution in [-0.4, -0.2) is 31.6 Å². The number of carbonyl (C=O) groups is 2. The van der Waals surface area contributed by atoms with Gasteiger partial charge in [0.2, 0.25) is 0 Å². The summed E-state index contributed by atoms with van der Waals surface area (Å²) in [4.78, 5) is 23.5. The van der Waals surface area contributed by atoms with Crippen molar-refractivity contribution in [3.05, 3.63) is 72.8 Å². The third-order valence-corrected chi connectivity index (χ3v) is 4.44. The zero-order valence-electron chi connectivity index (χ0n) is 17.3. The zero-order valence-corrected chi connectivity index (χ0v) is 17.3. The number of methoxy groups -OCH3 is 1. The summed E-state index contributed by atoms with van der Waals surface area (Å²) in [5.74, 6) is 0.351. The highest BCUT2D eigenvalue weighted by molar-refractivity contribution is 5.94. The third kappa shape index (κ3) is 5.99. The molecule has 0 aliphatic carbocycles. The summed E-state index contributed by atoms with van der Waals surface area (Å²) < 4.78 is 16.3. The standard InChI is InChI=1S/C24H24N2O5/c1-16(31-20-11-8-18(9-12-20)17-6-4-3-5-7-17)24(28)26-19-10-13-21(29-2)22(14-19)30-15-23(25)27/h3-14,16H,15H2,1-2H3,(H2,25,27)(H,26,28). The Balaban J connectivity index is 1.62. The first-order valence-corrected chi connectivity index (χ1v) is 9.68. The molecule has 0 bridgehead atoms. The average Bonchev–Trinajstić information content (AvgIpc) is 2.78. The lowest BCUT2D eigenvalue weighted by Gasteiger charge is -2.16. The fourth-order valence-corrected chi connectivity index (χ4v) is 2.87. The van der Waals surface area contributed by atoms with Crippen LogP contribution in [0.15, 0.2) is 72.8 Å². The molecule has 0 saturated heterocycles. The van der Waals surface area contributed by atoms with Gasteiger partial charge in [-0.05, 0) is 42.3 Å². The van der Waals surface area contributed by atoms with Gasteiger partial charge in [-0.3, -0.25) is 9.59 Å². The van der Waals surface area contributed by atoms with Gasteiger partial charge in [0.15, 0.2) is 24.2 Å². The molecule has 2 amide bonds. The van der Waals surface area contributed by atoms with Gasteiger partial charge in [0.25, 0.3) is 11.8 Å². The number of anilines is 1. The van der Waals surface area contributed by atoms with Crippen LogP contribution in [-0.2, 0) is 9.59 Å². The number of rotatable bonds is 9. The molecule has 1 atom stereocenters. The molecule has 1 unspecified atom stereocenters. The van der Waals surface area contributed by atoms with Crippen molar-refractivity contribution in [2.24, 2.45) is 5.73 Å². The number of hydrogen-bond donors (Lipinski definition) is 2. The van der Waals surface area contributed by atoms with Gasteiger partial charge >= 0.3 is 0 Å². The Bertz CT molecular complexity index is 1040. The van der Waals surface area contributed by atoms with Gasteiger partial charge in [0.1, 0.15) is 5.75 Å². The second-order valence-corrected chi connectivity index (χ2v) is 6.76. The van der Waals surface area contributed by atoms with Crippen molar-refractivity contribution in [2.45, 2.75) is 13.0 Å². The number of nitrogens with one attached hydrogen (secondary N) is 1. The third-order valence-electron chi connectivity index (χ3n) is 4.44. The lowest BCUT2D eigenvalue weighted by Crippen LogP contribution is -2.30. The van der Waals surface area contributed by atoms with E-state index in [1.807, 2.05) is 54.6 Å². The van der Waals surface area contributed by atoms with Crippen molar-refractivity contribution in [1.82, 2.24) is 0 Å². The molecular weight excluding hydrogens is 396 g/mol. The molecule has 3 aromatic carbocycles. The van der Waals surface area contributed by atoms with Gasteiger partial charge in [-0.1, -0.05) is 42.5 Å². The van der Waals surface area contributed by atoms with Crippen molar-refractivity contribution >= 4 is 17.5 Å². The summed E-state index contributed by atoms with van der Waals surface area (Å²) in [6, 6.07) is 22.4. The molecular formula is C24H24N2O5. The highest BCUT2D eigenvalue weighted by Gasteiger charge is 2.16. The Morgan fingerprint density at radius 3 is 2.26 bits per heavy atom. The van der Waals surface area contributed by atoms with Crippen molar-refractivity contribution < 1.29 is 23.8 Å². The summed E-state index contributed by atoms with van der Waals surface area (Å²) in [6.07, 6.45) is -0.736. The molecule has 3 rings (SSSR count). The van der Waals surface area contributed by atoms with Crippen LogP contribution in [0.2, 0.25) is 0 Å². The van der Waals surface area contributed by atoms with Crippen LogP contribution in [0.25, 0.3) is 11.1 Å². The summed E-state index contributed by atoms with van der Waals surface area (Å²) in [6.45, 7) is 1.36. The van der Waals surface area contributed by atoms with E-state index in [0.717, 1.165) is 11.1 Å². The Morgan fingerprint density at radius 1 is 0.935 bits per heavy atom. The first-order valence-electron chi connectivity index (χ1n) is 9.68. The minimum Gasteiger partial charge on any atom is -0.493 e. The minimum atomic E-state index is -0.736. The fourth-order valence-electron chi connectivity index (χ4n) is 2.87. The van der Waals surface area contributed by atoms with Crippen molar-refractivity contribution in [2.75, 3.05) is 19.0 Å². The summed E-state index contributed by atoms with van der Waals surface area (Å²) in [7, 11) is 1.48. The number of carbonyl (C=O) groups excluding carboxylic acids is 2. The molecule has 0 heterocycles. The Hall–Kier alpha value is -4.00. The fraction of sp³-hybridized carbons (Fsp3) is 0.167. The molecule has 160 valence electrons. The van der Waals surface area contributed by atoms with E-state index >= 15 is 0 Å². The number of primary amides is 1. The first kappa shape index (κ1) is 21.7. The van der Waals surface area contributed by atoms with E-state index < -0.39 is 12.0 Å². The van der Waals surface area contributed by atoms with Crippen LogP contribution in [0, 0.1) is 0 Å². The molecule has 7 heteroatoms. The van der Waals surface area contributed by atoms with Crippen molar-refractivity contribution in [3.63, 3.8) is 0 Å². The van der Waals surface area contributed by atoms with Crippen LogP contribution in [0.3, 0.4) is 0 Å². The molecule has 0 radical (unpaired) electrons. The monoisotopic (exact) mass is 420 g/mol. The van der Waals surface area contributed by atoms with Crippen LogP contribution < -0.4 is 25.3 Å². The first-order chi connectivity index (χ1) is 15.0. The molecule has 0 aromatic heterocycles. The molecule has 0 saturated carbocycles. The van der Waals surface area contributed by atoms with Crippen molar-refractivity contribution in [3.8, 4) is 28.4 Å². The normalized spacial score (nSPS) is 11.3. The van der Waals surface area contributed by atoms with E-state index in [9.17, 15) is 9.59 Å². The maximum atomic E-state index is 12.6. The summed E-state index contributed by atoms with van der Waals surface area (Å²) in [5, 5.41) is 2.76. The summed E-state index contributed by atoms with van der Waals surface area (Å²) >= 11 is 0. The van der Waals surface area contributed by atoms with Crippen molar-refractivity contribution in [1.29, 1.82) is 0 Å². The Labute approximate surface area is 180 Å². The largest absolute Gasteiger partial charge is 0.493 e. The van der Waals surface area contributed by atoms with E-state index in [0.29, 0.717) is 22.9 Å². The Kier molecular flexibility index (Phi) is 7.11. The average molecular weight is 420 g/mol. The summed E-state index contributed by atoms with van der Waals surface area (Å²) in [5.41, 5.74) is 7.75. The molecule has 0 fully saturated rings. The topological polar surface area (TPSA) is 99.9 Å². The van der Waals surface area contributed by atoms with Crippen LogP contribution >= 0.6 is 0 Å². The highest BCUT2D eigenvalue weighted by Crippen LogP contribution is 2.30. The zero-order chi connectivity index (χ0) is 22.2. The van der Waals surface area contributed by atoms with Crippen LogP contribution in [0.1, 0.15) is 6.92 Å². The highest BCUT2D eigenvalue weighted by atomic mass is 16.5. The van der Waals surface area contributed by atoms with E-state index in [1.165, 1.54) is 7.11 Å². The van der Waals surface area contributed by atoms with Gasteiger partial charge in [0.05, 0.1) is 7.11 Å². The Morgan fingerprint density at radius 2 is 1.61 bits per heavy atom. The second kappa shape index (κ2) is 10.2. The lowest BCUT2D eigenvalue weighted by molar-refractivity contribution is -0.122. The molecule has 31 heavy (non-hydrogen) atoms. The molecule has 3 aromatic rings. The maximum Gasteiger partial charge on any atom is 0.265 e. The molecule has 0 aliphatic heterocycles. The lowest BCUT2D eigenvalue weighted by atomic mass is 10.1. The SMILES string of the molecule is COc1ccc(NC(=O)C(C)Oc2ccc(-c3ccccc3)cc2)cc1OCC(N)=O. The second-order valence-electron chi connectivity index (χ2n) is 6.76. The molecule has 3 N–H and O–H groups in total. The number of benzene rings is 3.